The molecule has 2 aromatic carbocycles. The molecule has 0 aliphatic heterocycles. The van der Waals surface area contributed by atoms with Gasteiger partial charge in [-0.25, -0.2) is 9.97 Å². The molecule has 4 rings (SSSR count). The summed E-state index contributed by atoms with van der Waals surface area (Å²) in [5, 5.41) is 22.9. The first-order chi connectivity index (χ1) is 12.5. The van der Waals surface area contributed by atoms with Crippen LogP contribution in [0.25, 0.3) is 27.9 Å². The van der Waals surface area contributed by atoms with Crippen molar-refractivity contribution < 1.29 is 10.2 Å². The molecule has 6 heteroatoms. The third kappa shape index (κ3) is 2.69. The monoisotopic (exact) mass is 348 g/mol. The highest BCUT2D eigenvalue weighted by Crippen LogP contribution is 2.33. The topological polar surface area (TPSA) is 82.7 Å². The zero-order chi connectivity index (χ0) is 18.3. The zero-order valence-corrected chi connectivity index (χ0v) is 14.6. The minimum absolute atomic E-state index is 0.145. The second kappa shape index (κ2) is 6.22. The van der Waals surface area contributed by atoms with E-state index in [-0.39, 0.29) is 11.5 Å². The fourth-order valence-corrected chi connectivity index (χ4v) is 2.99. The molecule has 0 unspecified atom stereocenters. The summed E-state index contributed by atoms with van der Waals surface area (Å²) >= 11 is 0. The van der Waals surface area contributed by atoms with Crippen molar-refractivity contribution >= 4 is 22.5 Å². The first-order valence-electron chi connectivity index (χ1n) is 8.57. The summed E-state index contributed by atoms with van der Waals surface area (Å²) in [6, 6.07) is 12.6. The van der Waals surface area contributed by atoms with Crippen LogP contribution < -0.4 is 5.32 Å². The zero-order valence-electron chi connectivity index (χ0n) is 14.6. The molecular weight excluding hydrogens is 328 g/mol. The number of anilines is 1. The molecule has 0 aliphatic carbocycles. The predicted octanol–water partition coefficient (Wildman–Crippen LogP) is 4.03. The number of para-hydroxylation sites is 2. The van der Waals surface area contributed by atoms with Gasteiger partial charge < -0.3 is 15.5 Å². The molecule has 0 radical (unpaired) electrons. The van der Waals surface area contributed by atoms with E-state index in [1.54, 1.807) is 12.3 Å². The number of imidazole rings is 1. The van der Waals surface area contributed by atoms with E-state index in [1.165, 1.54) is 12.1 Å². The van der Waals surface area contributed by atoms with Gasteiger partial charge in [0, 0.05) is 12.1 Å². The maximum absolute atomic E-state index is 9.88. The van der Waals surface area contributed by atoms with Gasteiger partial charge in [0.05, 0.1) is 22.9 Å². The number of nitrogens with zero attached hydrogens (tertiary/aromatic N) is 3. The predicted molar refractivity (Wildman–Crippen MR) is 103 cm³/mol. The van der Waals surface area contributed by atoms with Gasteiger partial charge in [0.2, 0.25) is 0 Å². The fourth-order valence-electron chi connectivity index (χ4n) is 2.99. The van der Waals surface area contributed by atoms with Crippen LogP contribution in [0.3, 0.4) is 0 Å². The smallest absolute Gasteiger partial charge is 0.181 e. The van der Waals surface area contributed by atoms with Crippen molar-refractivity contribution in [3.8, 4) is 22.8 Å². The van der Waals surface area contributed by atoms with Crippen LogP contribution in [0.2, 0.25) is 0 Å². The second-order valence-electron chi connectivity index (χ2n) is 6.73. The highest BCUT2D eigenvalue weighted by atomic mass is 16.3. The molecule has 0 amide bonds. The third-order valence-corrected chi connectivity index (χ3v) is 4.28. The largest absolute Gasteiger partial charge is 0.504 e. The highest BCUT2D eigenvalue weighted by molar-refractivity contribution is 5.86. The summed E-state index contributed by atoms with van der Waals surface area (Å²) in [6.07, 6.45) is 1.76. The van der Waals surface area contributed by atoms with Gasteiger partial charge in [-0.1, -0.05) is 26.0 Å². The minimum Gasteiger partial charge on any atom is -0.504 e. The molecule has 6 nitrogen and oxygen atoms in total. The van der Waals surface area contributed by atoms with E-state index < -0.39 is 0 Å². The molecule has 4 aromatic rings. The van der Waals surface area contributed by atoms with Crippen molar-refractivity contribution in [2.45, 2.75) is 13.8 Å². The van der Waals surface area contributed by atoms with E-state index >= 15 is 0 Å². The Hall–Kier alpha value is -3.28. The van der Waals surface area contributed by atoms with E-state index in [1.807, 2.05) is 28.7 Å². The van der Waals surface area contributed by atoms with Crippen molar-refractivity contribution in [1.29, 1.82) is 0 Å². The van der Waals surface area contributed by atoms with Gasteiger partial charge in [0.1, 0.15) is 0 Å². The number of phenols is 2. The van der Waals surface area contributed by atoms with Crippen LogP contribution in [0.1, 0.15) is 13.8 Å². The van der Waals surface area contributed by atoms with E-state index in [4.69, 9.17) is 4.98 Å². The van der Waals surface area contributed by atoms with Crippen LogP contribution >= 0.6 is 0 Å². The summed E-state index contributed by atoms with van der Waals surface area (Å²) in [4.78, 5) is 9.30. The van der Waals surface area contributed by atoms with Crippen LogP contribution in [0.4, 0.5) is 5.82 Å². The number of hydrogen-bond acceptors (Lipinski definition) is 5. The first-order valence-corrected chi connectivity index (χ1v) is 8.57. The maximum atomic E-state index is 9.88. The molecule has 0 aliphatic rings. The van der Waals surface area contributed by atoms with Crippen LogP contribution in [0, 0.1) is 5.92 Å². The van der Waals surface area contributed by atoms with Crippen LogP contribution in [0.5, 0.6) is 11.5 Å². The van der Waals surface area contributed by atoms with Gasteiger partial charge >= 0.3 is 0 Å². The Morgan fingerprint density at radius 3 is 2.65 bits per heavy atom. The van der Waals surface area contributed by atoms with Crippen LogP contribution in [-0.4, -0.2) is 31.1 Å². The van der Waals surface area contributed by atoms with Gasteiger partial charge in [-0.2, -0.15) is 0 Å². The van der Waals surface area contributed by atoms with E-state index in [0.29, 0.717) is 5.92 Å². The Balaban J connectivity index is 1.99. The average Bonchev–Trinajstić information content (AvgIpc) is 3.07. The lowest BCUT2D eigenvalue weighted by atomic mass is 10.1. The molecule has 0 saturated heterocycles. The molecule has 132 valence electrons. The van der Waals surface area contributed by atoms with Gasteiger partial charge in [-0.15, -0.1) is 0 Å². The normalized spacial score (nSPS) is 11.5. The standard InChI is InChI=1S/C20H20N4O2/c1-12(2)10-21-19-20-22-11-16(13-7-8-17(25)18(26)9-13)24(20)15-6-4-3-5-14(15)23-19/h3-9,11-12,25-26H,10H2,1-2H3,(H,21,23). The lowest BCUT2D eigenvalue weighted by molar-refractivity contribution is 0.404. The number of phenolic OH excluding ortho intramolecular Hbond substituents is 2. The molecule has 0 saturated carbocycles. The number of nitrogens with one attached hydrogen (secondary N) is 1. The van der Waals surface area contributed by atoms with E-state index in [9.17, 15) is 10.2 Å². The first kappa shape index (κ1) is 16.2. The van der Waals surface area contributed by atoms with Crippen molar-refractivity contribution in [3.63, 3.8) is 0 Å². The quantitative estimate of drug-likeness (QED) is 0.485. The Kier molecular flexibility index (Phi) is 3.88. The maximum Gasteiger partial charge on any atom is 0.181 e. The fraction of sp³-hybridized carbons (Fsp3) is 0.200. The lowest BCUT2D eigenvalue weighted by Crippen LogP contribution is -2.11. The molecule has 3 N–H and O–H groups in total. The number of rotatable bonds is 4. The summed E-state index contributed by atoms with van der Waals surface area (Å²) in [7, 11) is 0. The van der Waals surface area contributed by atoms with Crippen molar-refractivity contribution in [1.82, 2.24) is 14.4 Å². The molecule has 2 aromatic heterocycles. The van der Waals surface area contributed by atoms with Gasteiger partial charge in [-0.3, -0.25) is 4.40 Å². The summed E-state index contributed by atoms with van der Waals surface area (Å²) < 4.78 is 2.02. The molecule has 26 heavy (non-hydrogen) atoms. The number of hydrogen-bond donors (Lipinski definition) is 3. The molecule has 2 heterocycles. The Morgan fingerprint density at radius 2 is 1.88 bits per heavy atom. The molecule has 0 atom stereocenters. The van der Waals surface area contributed by atoms with Crippen molar-refractivity contribution in [3.05, 3.63) is 48.7 Å². The van der Waals surface area contributed by atoms with Crippen molar-refractivity contribution in [2.75, 3.05) is 11.9 Å². The second-order valence-corrected chi connectivity index (χ2v) is 6.73. The van der Waals surface area contributed by atoms with Crippen molar-refractivity contribution in [2.24, 2.45) is 5.92 Å². The minimum atomic E-state index is -0.158. The van der Waals surface area contributed by atoms with Gasteiger partial charge in [0.15, 0.2) is 23.0 Å². The Morgan fingerprint density at radius 1 is 1.08 bits per heavy atom. The SMILES string of the molecule is CC(C)CNc1nc2ccccc2n2c(-c3ccc(O)c(O)c3)cnc12. The molecular formula is C20H20N4O2. The number of benzene rings is 2. The molecule has 0 fully saturated rings. The van der Waals surface area contributed by atoms with Gasteiger partial charge in [0.25, 0.3) is 0 Å². The lowest BCUT2D eigenvalue weighted by Gasteiger charge is -2.12. The summed E-state index contributed by atoms with van der Waals surface area (Å²) in [6.45, 7) is 5.08. The molecule has 0 bridgehead atoms. The number of fused-ring (bicyclic) bond motifs is 3. The average molecular weight is 348 g/mol. The summed E-state index contributed by atoms with van der Waals surface area (Å²) in [5.41, 5.74) is 4.10. The van der Waals surface area contributed by atoms with Gasteiger partial charge in [-0.05, 0) is 36.2 Å². The highest BCUT2D eigenvalue weighted by Gasteiger charge is 2.15. The Bertz CT molecular complexity index is 1100. The van der Waals surface area contributed by atoms with Crippen LogP contribution in [0.15, 0.2) is 48.7 Å². The number of aromatic nitrogens is 3. The van der Waals surface area contributed by atoms with E-state index in [0.717, 1.165) is 40.3 Å². The Labute approximate surface area is 150 Å². The number of aromatic hydroxyl groups is 2. The summed E-state index contributed by atoms with van der Waals surface area (Å²) in [5.74, 6) is 0.904. The van der Waals surface area contributed by atoms with Crippen LogP contribution in [-0.2, 0) is 0 Å². The third-order valence-electron chi connectivity index (χ3n) is 4.28. The molecule has 0 spiro atoms. The van der Waals surface area contributed by atoms with E-state index in [2.05, 4.69) is 24.1 Å².